The maximum absolute atomic E-state index is 13.8. The van der Waals surface area contributed by atoms with Crippen LogP contribution < -0.4 is 10.6 Å². The first kappa shape index (κ1) is 16.9. The molecule has 26 heavy (non-hydrogen) atoms. The van der Waals surface area contributed by atoms with E-state index in [4.69, 9.17) is 0 Å². The molecular formula is C18H12FN5O2. The molecule has 2 aromatic rings. The van der Waals surface area contributed by atoms with Gasteiger partial charge in [-0.3, -0.25) is 15.1 Å². The number of aromatic hydroxyl groups is 1. The molecule has 0 spiro atoms. The summed E-state index contributed by atoms with van der Waals surface area (Å²) in [6.07, 6.45) is 0. The van der Waals surface area contributed by atoms with Crippen LogP contribution in [0.1, 0.15) is 21.5 Å². The third-order valence-corrected chi connectivity index (χ3v) is 3.81. The summed E-state index contributed by atoms with van der Waals surface area (Å²) in [6.45, 7) is 1.06. The molecule has 8 heteroatoms. The normalized spacial score (nSPS) is 12.5. The van der Waals surface area contributed by atoms with E-state index in [0.717, 1.165) is 12.1 Å². The number of phenolic OH excluding ortho intramolecular Hbond substituents is 1. The van der Waals surface area contributed by atoms with Gasteiger partial charge in [-0.2, -0.15) is 10.5 Å². The van der Waals surface area contributed by atoms with Crippen LogP contribution in [-0.4, -0.2) is 30.1 Å². The lowest BCUT2D eigenvalue weighted by Gasteiger charge is -2.15. The summed E-state index contributed by atoms with van der Waals surface area (Å²) >= 11 is 0. The Morgan fingerprint density at radius 3 is 2.62 bits per heavy atom. The largest absolute Gasteiger partial charge is 0.507 e. The Kier molecular flexibility index (Phi) is 4.50. The Hall–Kier alpha value is -3.91. The second kappa shape index (κ2) is 6.91. The number of guanidine groups is 1. The zero-order valence-electron chi connectivity index (χ0n) is 13.4. The van der Waals surface area contributed by atoms with Crippen LogP contribution in [0.25, 0.3) is 11.1 Å². The molecular weight excluding hydrogens is 337 g/mol. The summed E-state index contributed by atoms with van der Waals surface area (Å²) in [7, 11) is 0. The highest BCUT2D eigenvalue weighted by Gasteiger charge is 2.24. The fourth-order valence-electron chi connectivity index (χ4n) is 2.67. The van der Waals surface area contributed by atoms with Gasteiger partial charge in [-0.15, -0.1) is 0 Å². The van der Waals surface area contributed by atoms with Crippen molar-refractivity contribution < 1.29 is 14.3 Å². The molecule has 1 heterocycles. The van der Waals surface area contributed by atoms with Gasteiger partial charge in [-0.05, 0) is 30.3 Å². The highest BCUT2D eigenvalue weighted by Crippen LogP contribution is 2.35. The van der Waals surface area contributed by atoms with E-state index in [1.165, 1.54) is 18.2 Å². The molecule has 7 nitrogen and oxygen atoms in total. The van der Waals surface area contributed by atoms with Crippen LogP contribution in [0.2, 0.25) is 0 Å². The standard InChI is InChI=1S/C18H12FN5O2/c19-12-3-1-10(8-20)13(7-12)15-11(9-21)2-4-14(25)16(15)17(26)24-18-22-5-6-23-18/h1-4,7,25H,5-6H2,(H2,22,23,24,26). The number of carbonyl (C=O) groups is 1. The zero-order chi connectivity index (χ0) is 18.7. The summed E-state index contributed by atoms with van der Waals surface area (Å²) in [5.41, 5.74) is -0.108. The second-order valence-corrected chi connectivity index (χ2v) is 5.41. The number of phenols is 1. The lowest BCUT2D eigenvalue weighted by atomic mass is 9.90. The molecule has 3 rings (SSSR count). The van der Waals surface area contributed by atoms with Crippen molar-refractivity contribution >= 4 is 11.9 Å². The number of hydrogen-bond donors (Lipinski definition) is 3. The predicted molar refractivity (Wildman–Crippen MR) is 90.7 cm³/mol. The number of aliphatic imine (C=N–C) groups is 1. The van der Waals surface area contributed by atoms with Gasteiger partial charge in [0, 0.05) is 17.7 Å². The van der Waals surface area contributed by atoms with Gasteiger partial charge in [0.15, 0.2) is 5.96 Å². The van der Waals surface area contributed by atoms with Crippen molar-refractivity contribution in [2.75, 3.05) is 13.1 Å². The number of nitriles is 2. The molecule has 0 fully saturated rings. The van der Waals surface area contributed by atoms with E-state index in [0.29, 0.717) is 13.1 Å². The molecule has 0 radical (unpaired) electrons. The van der Waals surface area contributed by atoms with Crippen LogP contribution >= 0.6 is 0 Å². The summed E-state index contributed by atoms with van der Waals surface area (Å²) in [6, 6.07) is 9.73. The number of amides is 1. The molecule has 1 aliphatic heterocycles. The minimum atomic E-state index is -0.726. The average Bonchev–Trinajstić information content (AvgIpc) is 3.14. The third kappa shape index (κ3) is 3.04. The number of carbonyl (C=O) groups excluding carboxylic acids is 1. The Bertz CT molecular complexity index is 1020. The van der Waals surface area contributed by atoms with Gasteiger partial charge in [0.05, 0.1) is 35.4 Å². The van der Waals surface area contributed by atoms with Gasteiger partial charge in [0.2, 0.25) is 0 Å². The van der Waals surface area contributed by atoms with Crippen LogP contribution in [0.3, 0.4) is 0 Å². The van der Waals surface area contributed by atoms with Crippen molar-refractivity contribution in [1.29, 1.82) is 10.5 Å². The molecule has 3 N–H and O–H groups in total. The van der Waals surface area contributed by atoms with Crippen molar-refractivity contribution in [3.63, 3.8) is 0 Å². The highest BCUT2D eigenvalue weighted by atomic mass is 19.1. The van der Waals surface area contributed by atoms with Crippen LogP contribution in [0.15, 0.2) is 35.3 Å². The van der Waals surface area contributed by atoms with E-state index in [1.807, 2.05) is 12.1 Å². The van der Waals surface area contributed by atoms with Crippen LogP contribution in [0.5, 0.6) is 5.75 Å². The molecule has 0 aliphatic carbocycles. The maximum Gasteiger partial charge on any atom is 0.262 e. The Morgan fingerprint density at radius 2 is 1.96 bits per heavy atom. The van der Waals surface area contributed by atoms with Crippen molar-refractivity contribution in [3.05, 3.63) is 52.8 Å². The molecule has 1 aliphatic rings. The number of benzene rings is 2. The van der Waals surface area contributed by atoms with Crippen LogP contribution in [-0.2, 0) is 0 Å². The minimum Gasteiger partial charge on any atom is -0.507 e. The van der Waals surface area contributed by atoms with E-state index < -0.39 is 17.5 Å². The summed E-state index contributed by atoms with van der Waals surface area (Å²) in [4.78, 5) is 16.7. The number of nitrogens with zero attached hydrogens (tertiary/aromatic N) is 3. The first-order chi connectivity index (χ1) is 12.5. The Balaban J connectivity index is 2.23. The van der Waals surface area contributed by atoms with Crippen LogP contribution in [0, 0.1) is 28.5 Å². The van der Waals surface area contributed by atoms with Gasteiger partial charge in [0.25, 0.3) is 5.91 Å². The molecule has 0 atom stereocenters. The lowest BCUT2D eigenvalue weighted by Crippen LogP contribution is -2.38. The monoisotopic (exact) mass is 349 g/mol. The summed E-state index contributed by atoms with van der Waals surface area (Å²) in [5.74, 6) is -1.53. The van der Waals surface area contributed by atoms with Crippen molar-refractivity contribution in [1.82, 2.24) is 10.6 Å². The van der Waals surface area contributed by atoms with E-state index in [-0.39, 0.29) is 33.8 Å². The number of hydrogen-bond acceptors (Lipinski definition) is 6. The zero-order valence-corrected chi connectivity index (χ0v) is 13.4. The van der Waals surface area contributed by atoms with E-state index in [1.54, 1.807) is 0 Å². The fraction of sp³-hybridized carbons (Fsp3) is 0.111. The van der Waals surface area contributed by atoms with Gasteiger partial charge in [-0.1, -0.05) is 0 Å². The molecule has 0 aromatic heterocycles. The first-order valence-electron chi connectivity index (χ1n) is 7.61. The van der Waals surface area contributed by atoms with Gasteiger partial charge < -0.3 is 10.4 Å². The Morgan fingerprint density at radius 1 is 1.23 bits per heavy atom. The summed E-state index contributed by atoms with van der Waals surface area (Å²) in [5, 5.41) is 34.3. The molecule has 1 amide bonds. The first-order valence-corrected chi connectivity index (χ1v) is 7.61. The number of halogens is 1. The number of rotatable bonds is 2. The fourth-order valence-corrected chi connectivity index (χ4v) is 2.67. The van der Waals surface area contributed by atoms with Crippen molar-refractivity contribution in [3.8, 4) is 29.0 Å². The van der Waals surface area contributed by atoms with E-state index >= 15 is 0 Å². The van der Waals surface area contributed by atoms with E-state index in [2.05, 4.69) is 15.6 Å². The third-order valence-electron chi connectivity index (χ3n) is 3.81. The van der Waals surface area contributed by atoms with Crippen LogP contribution in [0.4, 0.5) is 4.39 Å². The molecule has 128 valence electrons. The quantitative estimate of drug-likeness (QED) is 0.761. The predicted octanol–water partition coefficient (Wildman–Crippen LogP) is 1.63. The van der Waals surface area contributed by atoms with Crippen molar-refractivity contribution in [2.45, 2.75) is 0 Å². The highest BCUT2D eigenvalue weighted by molar-refractivity contribution is 6.12. The maximum atomic E-state index is 13.8. The van der Waals surface area contributed by atoms with Crippen molar-refractivity contribution in [2.24, 2.45) is 4.99 Å². The van der Waals surface area contributed by atoms with E-state index in [9.17, 15) is 24.8 Å². The smallest absolute Gasteiger partial charge is 0.262 e. The molecule has 0 unspecified atom stereocenters. The van der Waals surface area contributed by atoms with Gasteiger partial charge in [0.1, 0.15) is 11.6 Å². The lowest BCUT2D eigenvalue weighted by molar-refractivity contribution is 0.0974. The minimum absolute atomic E-state index is 0.0142. The molecule has 2 aromatic carbocycles. The van der Waals surface area contributed by atoms with Gasteiger partial charge >= 0.3 is 0 Å². The average molecular weight is 349 g/mol. The molecule has 0 bridgehead atoms. The second-order valence-electron chi connectivity index (χ2n) is 5.41. The summed E-state index contributed by atoms with van der Waals surface area (Å²) < 4.78 is 13.8. The molecule has 0 saturated heterocycles. The topological polar surface area (TPSA) is 121 Å². The van der Waals surface area contributed by atoms with Gasteiger partial charge in [-0.25, -0.2) is 4.39 Å². The Labute approximate surface area is 148 Å². The molecule has 0 saturated carbocycles. The number of nitrogens with one attached hydrogen (secondary N) is 2. The SMILES string of the molecule is N#Cc1ccc(F)cc1-c1c(C#N)ccc(O)c1C(=O)NC1=NCCN1.